The molecule has 2 N–H and O–H groups in total. The lowest BCUT2D eigenvalue weighted by Crippen LogP contribution is -2.21. The van der Waals surface area contributed by atoms with Gasteiger partial charge in [0.15, 0.2) is 0 Å². The summed E-state index contributed by atoms with van der Waals surface area (Å²) in [5.74, 6) is 0.106. The minimum Gasteiger partial charge on any atom is -0.406 e. The van der Waals surface area contributed by atoms with Gasteiger partial charge in [-0.2, -0.15) is 0 Å². The zero-order valence-electron chi connectivity index (χ0n) is 11.2. The van der Waals surface area contributed by atoms with Crippen molar-refractivity contribution in [2.75, 3.05) is 5.32 Å². The Bertz CT molecular complexity index is 553. The maximum absolute atomic E-state index is 13.6. The maximum atomic E-state index is 13.6. The average Bonchev–Trinajstić information content (AvgIpc) is 2.79. The number of aryl methyl sites for hydroxylation is 1. The van der Waals surface area contributed by atoms with Crippen LogP contribution < -0.4 is 10.6 Å². The molecule has 0 aliphatic heterocycles. The van der Waals surface area contributed by atoms with E-state index in [1.165, 1.54) is 6.07 Å². The topological polar surface area (TPSA) is 63.0 Å². The van der Waals surface area contributed by atoms with Gasteiger partial charge in [-0.1, -0.05) is 25.0 Å². The maximum Gasteiger partial charge on any atom is 0.320 e. The van der Waals surface area contributed by atoms with E-state index in [9.17, 15) is 4.39 Å². The van der Waals surface area contributed by atoms with E-state index in [1.807, 2.05) is 20.8 Å². The van der Waals surface area contributed by atoms with Crippen LogP contribution in [0.3, 0.4) is 0 Å². The third-order valence-electron chi connectivity index (χ3n) is 2.49. The van der Waals surface area contributed by atoms with Crippen LogP contribution in [0.25, 0.3) is 0 Å². The van der Waals surface area contributed by atoms with Gasteiger partial charge in [-0.15, -0.1) is 5.10 Å². The van der Waals surface area contributed by atoms with Crippen LogP contribution in [-0.4, -0.2) is 16.2 Å². The number of halogens is 1. The van der Waals surface area contributed by atoms with Gasteiger partial charge in [0.05, 0.1) is 12.2 Å². The van der Waals surface area contributed by atoms with Gasteiger partial charge >= 0.3 is 6.01 Å². The summed E-state index contributed by atoms with van der Waals surface area (Å²) in [4.78, 5) is 0. The second-order valence-electron chi connectivity index (χ2n) is 4.64. The second-order valence-corrected chi connectivity index (χ2v) is 4.64. The molecule has 0 radical (unpaired) electrons. The molecule has 0 spiro atoms. The first kappa shape index (κ1) is 13.5. The number of aromatic nitrogens is 2. The molecule has 0 fully saturated rings. The molecule has 19 heavy (non-hydrogen) atoms. The van der Waals surface area contributed by atoms with Crippen LogP contribution in [0.2, 0.25) is 0 Å². The lowest BCUT2D eigenvalue weighted by molar-refractivity contribution is 0.460. The lowest BCUT2D eigenvalue weighted by Gasteiger charge is -2.04. The third-order valence-corrected chi connectivity index (χ3v) is 2.49. The van der Waals surface area contributed by atoms with Gasteiger partial charge < -0.3 is 15.1 Å². The molecular formula is C13H17FN4O. The van der Waals surface area contributed by atoms with Crippen molar-refractivity contribution >= 4 is 11.7 Å². The Balaban J connectivity index is 2.05. The number of benzene rings is 1. The van der Waals surface area contributed by atoms with Crippen LogP contribution in [0.4, 0.5) is 16.1 Å². The van der Waals surface area contributed by atoms with Crippen LogP contribution in [-0.2, 0) is 6.54 Å². The molecule has 0 amide bonds. The highest BCUT2D eigenvalue weighted by Crippen LogP contribution is 2.20. The first-order chi connectivity index (χ1) is 9.04. The van der Waals surface area contributed by atoms with Gasteiger partial charge in [0.25, 0.3) is 0 Å². The van der Waals surface area contributed by atoms with Crippen LogP contribution >= 0.6 is 0 Å². The number of nitrogens with zero attached hydrogens (tertiary/aromatic N) is 2. The van der Waals surface area contributed by atoms with Crippen LogP contribution in [0.5, 0.6) is 0 Å². The van der Waals surface area contributed by atoms with Gasteiger partial charge in [-0.05, 0) is 24.6 Å². The quantitative estimate of drug-likeness (QED) is 0.869. The summed E-state index contributed by atoms with van der Waals surface area (Å²) in [5, 5.41) is 13.6. The average molecular weight is 264 g/mol. The largest absolute Gasteiger partial charge is 0.406 e. The molecular weight excluding hydrogens is 247 g/mol. The van der Waals surface area contributed by atoms with E-state index >= 15 is 0 Å². The number of nitrogens with one attached hydrogen (secondary N) is 2. The molecule has 2 aromatic rings. The summed E-state index contributed by atoms with van der Waals surface area (Å²) in [6.07, 6.45) is 0. The third kappa shape index (κ3) is 3.75. The number of hydrogen-bond acceptors (Lipinski definition) is 5. The standard InChI is InChI=1S/C13H17FN4O/c1-8(2)15-7-12-17-18-13(19-12)16-11-6-9(3)4-5-10(11)14/h4-6,8,15H,7H2,1-3H3,(H,16,18). The van der Waals surface area contributed by atoms with Crippen molar-refractivity contribution in [3.63, 3.8) is 0 Å². The van der Waals surface area contributed by atoms with Crippen molar-refractivity contribution in [2.45, 2.75) is 33.4 Å². The second kappa shape index (κ2) is 5.79. The Kier molecular flexibility index (Phi) is 4.11. The van der Waals surface area contributed by atoms with Crippen molar-refractivity contribution in [3.8, 4) is 0 Å². The van der Waals surface area contributed by atoms with Crippen molar-refractivity contribution < 1.29 is 8.81 Å². The summed E-state index contributed by atoms with van der Waals surface area (Å²) in [6, 6.07) is 5.30. The van der Waals surface area contributed by atoms with Crippen LogP contribution in [0, 0.1) is 12.7 Å². The summed E-state index contributed by atoms with van der Waals surface area (Å²) in [6.45, 7) is 6.42. The first-order valence-corrected chi connectivity index (χ1v) is 6.13. The van der Waals surface area contributed by atoms with Crippen molar-refractivity contribution in [1.29, 1.82) is 0 Å². The van der Waals surface area contributed by atoms with Gasteiger partial charge in [-0.25, -0.2) is 4.39 Å². The van der Waals surface area contributed by atoms with Gasteiger partial charge in [-0.3, -0.25) is 0 Å². The van der Waals surface area contributed by atoms with Gasteiger partial charge in [0.2, 0.25) is 5.89 Å². The van der Waals surface area contributed by atoms with Gasteiger partial charge in [0.1, 0.15) is 5.82 Å². The Labute approximate surface area is 111 Å². The fourth-order valence-electron chi connectivity index (χ4n) is 1.52. The minimum absolute atomic E-state index is 0.185. The monoisotopic (exact) mass is 264 g/mol. The molecule has 1 heterocycles. The Morgan fingerprint density at radius 2 is 2.11 bits per heavy atom. The highest BCUT2D eigenvalue weighted by Gasteiger charge is 2.09. The molecule has 1 aromatic carbocycles. The molecule has 2 rings (SSSR count). The van der Waals surface area contributed by atoms with E-state index in [-0.39, 0.29) is 11.8 Å². The number of rotatable bonds is 5. The summed E-state index contributed by atoms with van der Waals surface area (Å²) in [7, 11) is 0. The highest BCUT2D eigenvalue weighted by atomic mass is 19.1. The van der Waals surface area contributed by atoms with E-state index in [0.29, 0.717) is 24.2 Å². The first-order valence-electron chi connectivity index (χ1n) is 6.13. The van der Waals surface area contributed by atoms with E-state index < -0.39 is 0 Å². The normalized spacial score (nSPS) is 11.0. The highest BCUT2D eigenvalue weighted by molar-refractivity contribution is 5.54. The Morgan fingerprint density at radius 1 is 1.32 bits per heavy atom. The summed E-state index contributed by atoms with van der Waals surface area (Å²) >= 11 is 0. The molecule has 102 valence electrons. The fraction of sp³-hybridized carbons (Fsp3) is 0.385. The predicted octanol–water partition coefficient (Wildman–Crippen LogP) is 2.76. The zero-order chi connectivity index (χ0) is 13.8. The molecule has 0 aliphatic carbocycles. The smallest absolute Gasteiger partial charge is 0.320 e. The van der Waals surface area contributed by atoms with Crippen molar-refractivity contribution in [1.82, 2.24) is 15.5 Å². The molecule has 0 bridgehead atoms. The van der Waals surface area contributed by atoms with Crippen molar-refractivity contribution in [2.24, 2.45) is 0 Å². The Hall–Kier alpha value is -1.95. The molecule has 0 saturated carbocycles. The zero-order valence-corrected chi connectivity index (χ0v) is 11.2. The minimum atomic E-state index is -0.356. The molecule has 6 heteroatoms. The van der Waals surface area contributed by atoms with Gasteiger partial charge in [0, 0.05) is 6.04 Å². The van der Waals surface area contributed by atoms with Crippen molar-refractivity contribution in [3.05, 3.63) is 35.5 Å². The predicted molar refractivity (Wildman–Crippen MR) is 70.7 cm³/mol. The molecule has 0 aliphatic rings. The Morgan fingerprint density at radius 3 is 2.84 bits per heavy atom. The molecule has 5 nitrogen and oxygen atoms in total. The lowest BCUT2D eigenvalue weighted by atomic mass is 10.2. The molecule has 1 aromatic heterocycles. The van der Waals surface area contributed by atoms with Crippen LogP contribution in [0.15, 0.2) is 22.6 Å². The summed E-state index contributed by atoms with van der Waals surface area (Å²) in [5.41, 5.74) is 1.28. The van der Waals surface area contributed by atoms with Crippen LogP contribution in [0.1, 0.15) is 25.3 Å². The molecule has 0 saturated heterocycles. The SMILES string of the molecule is Cc1ccc(F)c(Nc2nnc(CNC(C)C)o2)c1. The van der Waals surface area contributed by atoms with E-state index in [2.05, 4.69) is 20.8 Å². The molecule has 0 atom stereocenters. The molecule has 0 unspecified atom stereocenters. The number of anilines is 2. The summed E-state index contributed by atoms with van der Waals surface area (Å²) < 4.78 is 18.9. The van der Waals surface area contributed by atoms with E-state index in [0.717, 1.165) is 5.56 Å². The number of hydrogen-bond donors (Lipinski definition) is 2. The van der Waals surface area contributed by atoms with E-state index in [1.54, 1.807) is 12.1 Å². The van der Waals surface area contributed by atoms with E-state index in [4.69, 9.17) is 4.42 Å². The fourth-order valence-corrected chi connectivity index (χ4v) is 1.52.